The molecule has 0 bridgehead atoms. The highest BCUT2D eigenvalue weighted by Gasteiger charge is 2.04. The van der Waals surface area contributed by atoms with E-state index in [0.717, 1.165) is 4.90 Å². The Morgan fingerprint density at radius 2 is 1.78 bits per heavy atom. The highest BCUT2D eigenvalue weighted by molar-refractivity contribution is 7.99. The average molecular weight is 258 g/mol. The normalized spacial score (nSPS) is 10.1. The highest BCUT2D eigenvalue weighted by Crippen LogP contribution is 2.28. The van der Waals surface area contributed by atoms with E-state index in [9.17, 15) is 4.79 Å². The zero-order chi connectivity index (χ0) is 13.0. The summed E-state index contributed by atoms with van der Waals surface area (Å²) in [5.74, 6) is -0.304. The van der Waals surface area contributed by atoms with Gasteiger partial charge in [-0.15, -0.1) is 0 Å². The summed E-state index contributed by atoms with van der Waals surface area (Å²) in [4.78, 5) is 13.6. The summed E-state index contributed by atoms with van der Waals surface area (Å²) in [7, 11) is 1.39. The molecule has 0 amide bonds. The first kappa shape index (κ1) is 12.7. The monoisotopic (exact) mass is 258 g/mol. The lowest BCUT2D eigenvalue weighted by atomic mass is 10.2. The molecule has 2 rings (SSSR count). The van der Waals surface area contributed by atoms with Crippen LogP contribution in [-0.2, 0) is 4.74 Å². The van der Waals surface area contributed by atoms with Crippen molar-refractivity contribution >= 4 is 17.7 Å². The molecule has 0 aliphatic rings. The minimum absolute atomic E-state index is 0.304. The predicted octanol–water partition coefficient (Wildman–Crippen LogP) is 3.93. The minimum atomic E-state index is -0.304. The molecule has 0 unspecified atom stereocenters. The summed E-state index contributed by atoms with van der Waals surface area (Å²) in [6.07, 6.45) is 0. The van der Waals surface area contributed by atoms with E-state index in [1.165, 1.54) is 17.6 Å². The fraction of sp³-hybridized carbons (Fsp3) is 0.133. The molecule has 2 aromatic rings. The van der Waals surface area contributed by atoms with Crippen LogP contribution in [0.15, 0.2) is 58.3 Å². The molecule has 0 heterocycles. The number of carbonyl (C=O) groups is 1. The number of rotatable bonds is 3. The van der Waals surface area contributed by atoms with Gasteiger partial charge in [0.25, 0.3) is 0 Å². The smallest absolute Gasteiger partial charge is 0.337 e. The van der Waals surface area contributed by atoms with Crippen molar-refractivity contribution in [2.75, 3.05) is 7.11 Å². The lowest BCUT2D eigenvalue weighted by Crippen LogP contribution is -2.00. The molecule has 0 fully saturated rings. The van der Waals surface area contributed by atoms with Crippen LogP contribution in [0.4, 0.5) is 0 Å². The fourth-order valence-corrected chi connectivity index (χ4v) is 2.53. The summed E-state index contributed by atoms with van der Waals surface area (Å²) in [5, 5.41) is 0. The largest absolute Gasteiger partial charge is 0.465 e. The Labute approximate surface area is 111 Å². The van der Waals surface area contributed by atoms with Crippen molar-refractivity contribution in [2.24, 2.45) is 0 Å². The summed E-state index contributed by atoms with van der Waals surface area (Å²) >= 11 is 1.68. The molecule has 0 aromatic heterocycles. The third kappa shape index (κ3) is 3.14. The number of esters is 1. The van der Waals surface area contributed by atoms with Crippen molar-refractivity contribution < 1.29 is 9.53 Å². The SMILES string of the molecule is COC(=O)c1ccc(Sc2cccc(C)c2)cc1. The fourth-order valence-electron chi connectivity index (χ4n) is 1.59. The van der Waals surface area contributed by atoms with Gasteiger partial charge in [-0.2, -0.15) is 0 Å². The molecule has 0 spiro atoms. The van der Waals surface area contributed by atoms with Crippen LogP contribution >= 0.6 is 11.8 Å². The van der Waals surface area contributed by atoms with Gasteiger partial charge in [-0.05, 0) is 43.3 Å². The first-order chi connectivity index (χ1) is 8.69. The maximum absolute atomic E-state index is 11.3. The zero-order valence-electron chi connectivity index (χ0n) is 10.3. The van der Waals surface area contributed by atoms with E-state index in [1.807, 2.05) is 18.2 Å². The van der Waals surface area contributed by atoms with E-state index in [-0.39, 0.29) is 5.97 Å². The molecule has 18 heavy (non-hydrogen) atoms. The lowest BCUT2D eigenvalue weighted by molar-refractivity contribution is 0.0600. The summed E-state index contributed by atoms with van der Waals surface area (Å²) in [6, 6.07) is 15.8. The van der Waals surface area contributed by atoms with Crippen molar-refractivity contribution in [3.8, 4) is 0 Å². The molecule has 3 heteroatoms. The molecule has 2 nitrogen and oxygen atoms in total. The van der Waals surface area contributed by atoms with Gasteiger partial charge < -0.3 is 4.74 Å². The molecule has 0 N–H and O–H groups in total. The van der Waals surface area contributed by atoms with Gasteiger partial charge in [0.1, 0.15) is 0 Å². The molecule has 0 aliphatic carbocycles. The van der Waals surface area contributed by atoms with E-state index < -0.39 is 0 Å². The van der Waals surface area contributed by atoms with Crippen molar-refractivity contribution in [3.05, 3.63) is 59.7 Å². The molecule has 0 saturated heterocycles. The van der Waals surface area contributed by atoms with E-state index in [4.69, 9.17) is 0 Å². The number of ether oxygens (including phenoxy) is 1. The summed E-state index contributed by atoms with van der Waals surface area (Å²) in [5.41, 5.74) is 1.82. The minimum Gasteiger partial charge on any atom is -0.465 e. The van der Waals surface area contributed by atoms with Crippen LogP contribution < -0.4 is 0 Å². The number of benzene rings is 2. The first-order valence-electron chi connectivity index (χ1n) is 5.62. The standard InChI is InChI=1S/C15H14O2S/c1-11-4-3-5-14(10-11)18-13-8-6-12(7-9-13)15(16)17-2/h3-10H,1-2H3. The topological polar surface area (TPSA) is 26.3 Å². The maximum Gasteiger partial charge on any atom is 0.337 e. The molecule has 2 aromatic carbocycles. The number of hydrogen-bond acceptors (Lipinski definition) is 3. The Morgan fingerprint density at radius 3 is 2.39 bits per heavy atom. The first-order valence-corrected chi connectivity index (χ1v) is 6.43. The molecule has 92 valence electrons. The Hall–Kier alpha value is -1.74. The van der Waals surface area contributed by atoms with Gasteiger partial charge in [-0.1, -0.05) is 29.5 Å². The summed E-state index contributed by atoms with van der Waals surface area (Å²) < 4.78 is 4.66. The molecule has 0 radical (unpaired) electrons. The lowest BCUT2D eigenvalue weighted by Gasteiger charge is -2.04. The van der Waals surface area contributed by atoms with Gasteiger partial charge in [0.05, 0.1) is 12.7 Å². The van der Waals surface area contributed by atoms with Crippen LogP contribution in [0.1, 0.15) is 15.9 Å². The molecular weight excluding hydrogens is 244 g/mol. The second-order valence-corrected chi connectivity index (χ2v) is 5.08. The van der Waals surface area contributed by atoms with Crippen molar-refractivity contribution in [1.29, 1.82) is 0 Å². The number of hydrogen-bond donors (Lipinski definition) is 0. The molecule has 0 saturated carbocycles. The third-order valence-corrected chi connectivity index (χ3v) is 3.50. The van der Waals surface area contributed by atoms with Crippen molar-refractivity contribution in [3.63, 3.8) is 0 Å². The Balaban J connectivity index is 2.13. The second-order valence-electron chi connectivity index (χ2n) is 3.93. The summed E-state index contributed by atoms with van der Waals surface area (Å²) in [6.45, 7) is 2.07. The molecular formula is C15H14O2S. The van der Waals surface area contributed by atoms with Crippen LogP contribution in [-0.4, -0.2) is 13.1 Å². The van der Waals surface area contributed by atoms with Gasteiger partial charge in [0, 0.05) is 9.79 Å². The van der Waals surface area contributed by atoms with E-state index in [1.54, 1.807) is 23.9 Å². The van der Waals surface area contributed by atoms with Crippen LogP contribution in [0, 0.1) is 6.92 Å². The van der Waals surface area contributed by atoms with Gasteiger partial charge in [-0.25, -0.2) is 4.79 Å². The van der Waals surface area contributed by atoms with Gasteiger partial charge in [0.2, 0.25) is 0 Å². The van der Waals surface area contributed by atoms with Crippen LogP contribution in [0.25, 0.3) is 0 Å². The Morgan fingerprint density at radius 1 is 1.06 bits per heavy atom. The number of methoxy groups -OCH3 is 1. The predicted molar refractivity (Wildman–Crippen MR) is 73.1 cm³/mol. The van der Waals surface area contributed by atoms with E-state index >= 15 is 0 Å². The van der Waals surface area contributed by atoms with Crippen molar-refractivity contribution in [2.45, 2.75) is 16.7 Å². The average Bonchev–Trinajstić information content (AvgIpc) is 2.39. The van der Waals surface area contributed by atoms with Gasteiger partial charge >= 0.3 is 5.97 Å². The third-order valence-electron chi connectivity index (χ3n) is 2.50. The Bertz CT molecular complexity index is 547. The highest BCUT2D eigenvalue weighted by atomic mass is 32.2. The van der Waals surface area contributed by atoms with E-state index in [2.05, 4.69) is 29.9 Å². The van der Waals surface area contributed by atoms with Gasteiger partial charge in [0.15, 0.2) is 0 Å². The van der Waals surface area contributed by atoms with Crippen molar-refractivity contribution in [1.82, 2.24) is 0 Å². The Kier molecular flexibility index (Phi) is 4.05. The maximum atomic E-state index is 11.3. The van der Waals surface area contributed by atoms with Crippen LogP contribution in [0.2, 0.25) is 0 Å². The van der Waals surface area contributed by atoms with E-state index in [0.29, 0.717) is 5.56 Å². The zero-order valence-corrected chi connectivity index (χ0v) is 11.2. The number of aryl methyl sites for hydroxylation is 1. The van der Waals surface area contributed by atoms with Crippen LogP contribution in [0.5, 0.6) is 0 Å². The molecule has 0 aliphatic heterocycles. The quantitative estimate of drug-likeness (QED) is 0.780. The van der Waals surface area contributed by atoms with Gasteiger partial charge in [-0.3, -0.25) is 0 Å². The number of carbonyl (C=O) groups excluding carboxylic acids is 1. The molecule has 0 atom stereocenters. The second kappa shape index (κ2) is 5.74. The van der Waals surface area contributed by atoms with Crippen LogP contribution in [0.3, 0.4) is 0 Å².